The van der Waals surface area contributed by atoms with Crippen molar-refractivity contribution in [1.82, 2.24) is 4.90 Å². The summed E-state index contributed by atoms with van der Waals surface area (Å²) < 4.78 is 5.30. The lowest BCUT2D eigenvalue weighted by molar-refractivity contribution is 0.0700. The van der Waals surface area contributed by atoms with Crippen LogP contribution in [0.4, 0.5) is 0 Å². The zero-order valence-corrected chi connectivity index (χ0v) is 12.9. The first-order valence-electron chi connectivity index (χ1n) is 7.19. The molecule has 3 nitrogen and oxygen atoms in total. The molecule has 1 amide bonds. The number of rotatable bonds is 3. The van der Waals surface area contributed by atoms with Crippen LogP contribution in [-0.4, -0.2) is 36.4 Å². The second kappa shape index (κ2) is 6.98. The zero-order chi connectivity index (χ0) is 14.5. The molecule has 0 aliphatic carbocycles. The number of hydrogen-bond acceptors (Lipinski definition) is 2. The van der Waals surface area contributed by atoms with Crippen LogP contribution >= 0.6 is 11.6 Å². The number of hydrogen-bond donors (Lipinski definition) is 0. The lowest BCUT2D eigenvalue weighted by Crippen LogP contribution is -2.41. The number of methoxy groups -OCH3 is 1. The van der Waals surface area contributed by atoms with Gasteiger partial charge in [0.05, 0.1) is 7.11 Å². The van der Waals surface area contributed by atoms with Gasteiger partial charge in [-0.25, -0.2) is 0 Å². The second-order valence-corrected chi connectivity index (χ2v) is 5.65. The maximum atomic E-state index is 12.7. The molecule has 1 aromatic carbocycles. The van der Waals surface area contributed by atoms with E-state index in [1.54, 1.807) is 7.11 Å². The van der Waals surface area contributed by atoms with Crippen LogP contribution in [0.15, 0.2) is 18.2 Å². The van der Waals surface area contributed by atoms with Gasteiger partial charge in [-0.15, -0.1) is 11.6 Å². The Bertz CT molecular complexity index is 476. The lowest BCUT2D eigenvalue weighted by Gasteiger charge is -2.28. The number of alkyl halides is 1. The van der Waals surface area contributed by atoms with E-state index >= 15 is 0 Å². The van der Waals surface area contributed by atoms with Crippen molar-refractivity contribution in [3.8, 4) is 5.75 Å². The minimum absolute atomic E-state index is 0.0656. The molecule has 1 unspecified atom stereocenters. The summed E-state index contributed by atoms with van der Waals surface area (Å²) in [5.41, 5.74) is 1.72. The maximum Gasteiger partial charge on any atom is 0.254 e. The average Bonchev–Trinajstić information content (AvgIpc) is 2.72. The predicted molar refractivity (Wildman–Crippen MR) is 81.7 cm³/mol. The third kappa shape index (κ3) is 3.26. The molecule has 0 saturated carbocycles. The summed E-state index contributed by atoms with van der Waals surface area (Å²) in [7, 11) is 1.63. The fraction of sp³-hybridized carbons (Fsp3) is 0.562. The molecule has 1 saturated heterocycles. The highest BCUT2D eigenvalue weighted by Crippen LogP contribution is 2.24. The van der Waals surface area contributed by atoms with Gasteiger partial charge in [-0.2, -0.15) is 0 Å². The summed E-state index contributed by atoms with van der Waals surface area (Å²) in [5, 5.41) is 0. The molecular weight excluding hydrogens is 274 g/mol. The lowest BCUT2D eigenvalue weighted by atomic mass is 10.1. The van der Waals surface area contributed by atoms with E-state index < -0.39 is 0 Å². The van der Waals surface area contributed by atoms with Gasteiger partial charge in [-0.3, -0.25) is 4.79 Å². The largest absolute Gasteiger partial charge is 0.496 e. The molecule has 20 heavy (non-hydrogen) atoms. The Morgan fingerprint density at radius 1 is 1.40 bits per heavy atom. The highest BCUT2D eigenvalue weighted by Gasteiger charge is 2.25. The Balaban J connectivity index is 2.24. The summed E-state index contributed by atoms with van der Waals surface area (Å²) in [6.07, 6.45) is 4.38. The Kier molecular flexibility index (Phi) is 5.30. The van der Waals surface area contributed by atoms with E-state index in [9.17, 15) is 4.79 Å². The van der Waals surface area contributed by atoms with Gasteiger partial charge in [0, 0.05) is 24.0 Å². The van der Waals surface area contributed by atoms with E-state index in [1.807, 2.05) is 30.0 Å². The van der Waals surface area contributed by atoms with Gasteiger partial charge in [0.25, 0.3) is 5.91 Å². The van der Waals surface area contributed by atoms with Gasteiger partial charge in [0.15, 0.2) is 0 Å². The fourth-order valence-corrected chi connectivity index (χ4v) is 3.04. The topological polar surface area (TPSA) is 29.5 Å². The number of ether oxygens (including phenoxy) is 1. The summed E-state index contributed by atoms with van der Waals surface area (Å²) in [6.45, 7) is 2.77. The van der Waals surface area contributed by atoms with Crippen molar-refractivity contribution in [2.24, 2.45) is 0 Å². The van der Waals surface area contributed by atoms with Gasteiger partial charge in [-0.05, 0) is 37.5 Å². The Labute approximate surface area is 125 Å². The summed E-state index contributed by atoms with van der Waals surface area (Å²) in [5.74, 6) is 1.33. The quantitative estimate of drug-likeness (QED) is 0.797. The molecule has 0 aromatic heterocycles. The molecule has 2 rings (SSSR count). The Morgan fingerprint density at radius 2 is 2.20 bits per heavy atom. The maximum absolute atomic E-state index is 12.7. The minimum Gasteiger partial charge on any atom is -0.496 e. The van der Waals surface area contributed by atoms with Crippen molar-refractivity contribution in [3.63, 3.8) is 0 Å². The smallest absolute Gasteiger partial charge is 0.254 e. The van der Waals surface area contributed by atoms with E-state index in [4.69, 9.17) is 16.3 Å². The fourth-order valence-electron chi connectivity index (χ4n) is 2.72. The van der Waals surface area contributed by atoms with Gasteiger partial charge >= 0.3 is 0 Å². The Hall–Kier alpha value is -1.22. The number of carbonyl (C=O) groups excluding carboxylic acids is 1. The highest BCUT2D eigenvalue weighted by molar-refractivity contribution is 6.18. The van der Waals surface area contributed by atoms with Gasteiger partial charge < -0.3 is 9.64 Å². The van der Waals surface area contributed by atoms with E-state index in [-0.39, 0.29) is 11.9 Å². The van der Waals surface area contributed by atoms with Crippen LogP contribution in [0.3, 0.4) is 0 Å². The van der Waals surface area contributed by atoms with Crippen molar-refractivity contribution in [1.29, 1.82) is 0 Å². The number of halogens is 1. The van der Waals surface area contributed by atoms with Crippen LogP contribution in [0.1, 0.15) is 41.6 Å². The first-order chi connectivity index (χ1) is 9.67. The molecular formula is C16H22ClNO2. The van der Waals surface area contributed by atoms with E-state index in [0.29, 0.717) is 11.4 Å². The molecule has 1 aliphatic rings. The zero-order valence-electron chi connectivity index (χ0n) is 12.2. The van der Waals surface area contributed by atoms with E-state index in [1.165, 1.54) is 6.42 Å². The first kappa shape index (κ1) is 15.2. The standard InChI is InChI=1S/C16H22ClNO2/c1-12-7-8-13(10-15(12)20-2)16(19)18-9-5-3-4-6-14(18)11-17/h7-8,10,14H,3-6,9,11H2,1-2H3. The number of nitrogens with zero attached hydrogens (tertiary/aromatic N) is 1. The van der Waals surface area contributed by atoms with Crippen LogP contribution in [0.5, 0.6) is 5.75 Å². The van der Waals surface area contributed by atoms with Crippen LogP contribution in [-0.2, 0) is 0 Å². The number of benzene rings is 1. The van der Waals surface area contributed by atoms with Crippen molar-refractivity contribution < 1.29 is 9.53 Å². The molecule has 1 fully saturated rings. The van der Waals surface area contributed by atoms with Crippen molar-refractivity contribution in [2.75, 3.05) is 19.5 Å². The second-order valence-electron chi connectivity index (χ2n) is 5.34. The first-order valence-corrected chi connectivity index (χ1v) is 7.72. The number of aryl methyl sites for hydroxylation is 1. The van der Waals surface area contributed by atoms with E-state index in [2.05, 4.69) is 0 Å². The van der Waals surface area contributed by atoms with Crippen LogP contribution in [0, 0.1) is 6.92 Å². The number of likely N-dealkylation sites (tertiary alicyclic amines) is 1. The van der Waals surface area contributed by atoms with Crippen molar-refractivity contribution in [3.05, 3.63) is 29.3 Å². The van der Waals surface area contributed by atoms with Crippen LogP contribution in [0.25, 0.3) is 0 Å². The van der Waals surface area contributed by atoms with Gasteiger partial charge in [-0.1, -0.05) is 18.9 Å². The SMILES string of the molecule is COc1cc(C(=O)N2CCCCCC2CCl)ccc1C. The number of amides is 1. The summed E-state index contributed by atoms with van der Waals surface area (Å²) in [6, 6.07) is 5.78. The minimum atomic E-state index is 0.0656. The van der Waals surface area contributed by atoms with Crippen molar-refractivity contribution >= 4 is 17.5 Å². The molecule has 0 N–H and O–H groups in total. The molecule has 1 heterocycles. The normalized spacial score (nSPS) is 19.6. The van der Waals surface area contributed by atoms with Gasteiger partial charge in [0.2, 0.25) is 0 Å². The predicted octanol–water partition coefficient (Wildman–Crippen LogP) is 3.63. The Morgan fingerprint density at radius 3 is 2.90 bits per heavy atom. The van der Waals surface area contributed by atoms with Crippen LogP contribution < -0.4 is 4.74 Å². The highest BCUT2D eigenvalue weighted by atomic mass is 35.5. The van der Waals surface area contributed by atoms with Crippen molar-refractivity contribution in [2.45, 2.75) is 38.6 Å². The third-order valence-electron chi connectivity index (χ3n) is 3.97. The summed E-state index contributed by atoms with van der Waals surface area (Å²) in [4.78, 5) is 14.6. The molecule has 0 bridgehead atoms. The molecule has 1 atom stereocenters. The molecule has 0 radical (unpaired) electrons. The number of carbonyl (C=O) groups is 1. The summed E-state index contributed by atoms with van der Waals surface area (Å²) >= 11 is 6.04. The molecule has 1 aliphatic heterocycles. The molecule has 110 valence electrons. The molecule has 0 spiro atoms. The third-order valence-corrected chi connectivity index (χ3v) is 4.33. The van der Waals surface area contributed by atoms with Crippen LogP contribution in [0.2, 0.25) is 0 Å². The molecule has 1 aromatic rings. The van der Waals surface area contributed by atoms with Gasteiger partial charge in [0.1, 0.15) is 5.75 Å². The molecule has 4 heteroatoms. The average molecular weight is 296 g/mol. The van der Waals surface area contributed by atoms with E-state index in [0.717, 1.165) is 37.1 Å². The monoisotopic (exact) mass is 295 g/mol.